The van der Waals surface area contributed by atoms with Crippen LogP contribution >= 0.6 is 0 Å². The Hall–Kier alpha value is -2.35. The Morgan fingerprint density at radius 2 is 1.90 bits per heavy atom. The lowest BCUT2D eigenvalue weighted by atomic mass is 10.1. The van der Waals surface area contributed by atoms with Crippen molar-refractivity contribution < 1.29 is 18.3 Å². The largest absolute Gasteiger partial charge is 0.465 e. The molecule has 0 aliphatic carbocycles. The number of amides is 1. The highest BCUT2D eigenvalue weighted by atomic mass is 32.2. The number of rotatable bonds is 3. The van der Waals surface area contributed by atoms with Gasteiger partial charge in [-0.2, -0.15) is 5.10 Å². The molecule has 2 rings (SSSR count). The number of aromatic nitrogens is 2. The molecule has 1 aromatic heterocycles. The standard InChI is InChI=1S/C12H13N3O4S/c1-15-11(13-12(16)17)7-10(14-15)8-3-5-9(6-4-8)20(2,18)19/h3-7,13H,1-2H3,(H,16,17). The fourth-order valence-electron chi connectivity index (χ4n) is 1.71. The number of aryl methyl sites for hydroxylation is 1. The molecule has 20 heavy (non-hydrogen) atoms. The molecule has 0 spiro atoms. The minimum Gasteiger partial charge on any atom is -0.465 e. The van der Waals surface area contributed by atoms with Gasteiger partial charge in [0.15, 0.2) is 9.84 Å². The summed E-state index contributed by atoms with van der Waals surface area (Å²) >= 11 is 0. The molecule has 106 valence electrons. The van der Waals surface area contributed by atoms with Crippen molar-refractivity contribution >= 4 is 21.7 Å². The minimum absolute atomic E-state index is 0.223. The molecule has 1 amide bonds. The first-order chi connectivity index (χ1) is 9.27. The monoisotopic (exact) mass is 295 g/mol. The molecule has 2 aromatic rings. The lowest BCUT2D eigenvalue weighted by Gasteiger charge is -1.99. The third kappa shape index (κ3) is 2.97. The zero-order chi connectivity index (χ0) is 14.9. The SMILES string of the molecule is Cn1nc(-c2ccc(S(C)(=O)=O)cc2)cc1NC(=O)O. The molecule has 8 heteroatoms. The van der Waals surface area contributed by atoms with Gasteiger partial charge in [-0.1, -0.05) is 12.1 Å². The van der Waals surface area contributed by atoms with Gasteiger partial charge in [0, 0.05) is 24.9 Å². The summed E-state index contributed by atoms with van der Waals surface area (Å²) in [4.78, 5) is 10.8. The predicted octanol–water partition coefficient (Wildman–Crippen LogP) is 1.58. The first kappa shape index (κ1) is 14.1. The van der Waals surface area contributed by atoms with Crippen LogP contribution < -0.4 is 5.32 Å². The maximum absolute atomic E-state index is 11.4. The van der Waals surface area contributed by atoms with E-state index < -0.39 is 15.9 Å². The van der Waals surface area contributed by atoms with Gasteiger partial charge in [0.25, 0.3) is 0 Å². The maximum atomic E-state index is 11.4. The van der Waals surface area contributed by atoms with Crippen LogP contribution in [0.2, 0.25) is 0 Å². The molecule has 0 unspecified atom stereocenters. The summed E-state index contributed by atoms with van der Waals surface area (Å²) in [5.74, 6) is 0.333. The van der Waals surface area contributed by atoms with Crippen LogP contribution in [0.15, 0.2) is 35.2 Å². The Balaban J connectivity index is 2.35. The van der Waals surface area contributed by atoms with Crippen molar-refractivity contribution in [3.63, 3.8) is 0 Å². The lowest BCUT2D eigenvalue weighted by Crippen LogP contribution is -2.10. The first-order valence-electron chi connectivity index (χ1n) is 5.62. The quantitative estimate of drug-likeness (QED) is 0.895. The average Bonchev–Trinajstić information content (AvgIpc) is 2.69. The second-order valence-corrected chi connectivity index (χ2v) is 6.28. The Kier molecular flexibility index (Phi) is 3.49. The Bertz CT molecular complexity index is 748. The number of nitrogens with zero attached hydrogens (tertiary/aromatic N) is 2. The van der Waals surface area contributed by atoms with E-state index in [-0.39, 0.29) is 4.90 Å². The fourth-order valence-corrected chi connectivity index (χ4v) is 2.34. The number of hydrogen-bond acceptors (Lipinski definition) is 4. The average molecular weight is 295 g/mol. The zero-order valence-electron chi connectivity index (χ0n) is 10.9. The van der Waals surface area contributed by atoms with E-state index in [0.29, 0.717) is 17.1 Å². The summed E-state index contributed by atoms with van der Waals surface area (Å²) in [6, 6.07) is 7.81. The van der Waals surface area contributed by atoms with Crippen LogP contribution in [0.1, 0.15) is 0 Å². The van der Waals surface area contributed by atoms with Gasteiger partial charge in [0.1, 0.15) is 5.82 Å². The number of benzene rings is 1. The summed E-state index contributed by atoms with van der Waals surface area (Å²) in [6.07, 6.45) is -0.0375. The van der Waals surface area contributed by atoms with Crippen LogP contribution in [0.3, 0.4) is 0 Å². The minimum atomic E-state index is -3.24. The third-order valence-electron chi connectivity index (χ3n) is 2.69. The summed E-state index contributed by atoms with van der Waals surface area (Å²) < 4.78 is 24.1. The van der Waals surface area contributed by atoms with E-state index in [1.807, 2.05) is 0 Å². The molecule has 0 aliphatic rings. The van der Waals surface area contributed by atoms with Crippen molar-refractivity contribution in [1.82, 2.24) is 9.78 Å². The summed E-state index contributed by atoms with van der Waals surface area (Å²) in [6.45, 7) is 0. The van der Waals surface area contributed by atoms with Crippen molar-refractivity contribution in [2.75, 3.05) is 11.6 Å². The topological polar surface area (TPSA) is 101 Å². The van der Waals surface area contributed by atoms with Gasteiger partial charge in [-0.3, -0.25) is 10.00 Å². The van der Waals surface area contributed by atoms with Crippen LogP contribution in [0.5, 0.6) is 0 Å². The first-order valence-corrected chi connectivity index (χ1v) is 7.51. The fraction of sp³-hybridized carbons (Fsp3) is 0.167. The normalized spacial score (nSPS) is 11.3. The van der Waals surface area contributed by atoms with Gasteiger partial charge in [0.05, 0.1) is 10.6 Å². The Labute approximate surface area is 115 Å². The van der Waals surface area contributed by atoms with Crippen LogP contribution in [0.25, 0.3) is 11.3 Å². The van der Waals surface area contributed by atoms with Gasteiger partial charge in [-0.05, 0) is 12.1 Å². The molecule has 0 saturated carbocycles. The van der Waals surface area contributed by atoms with Crippen molar-refractivity contribution in [3.8, 4) is 11.3 Å². The molecule has 1 heterocycles. The van der Waals surface area contributed by atoms with Crippen LogP contribution in [-0.2, 0) is 16.9 Å². The zero-order valence-corrected chi connectivity index (χ0v) is 11.7. The van der Waals surface area contributed by atoms with Crippen molar-refractivity contribution in [2.45, 2.75) is 4.90 Å². The molecule has 2 N–H and O–H groups in total. The van der Waals surface area contributed by atoms with Gasteiger partial charge >= 0.3 is 6.09 Å². The highest BCUT2D eigenvalue weighted by molar-refractivity contribution is 7.90. The van der Waals surface area contributed by atoms with Crippen molar-refractivity contribution in [3.05, 3.63) is 30.3 Å². The van der Waals surface area contributed by atoms with E-state index in [4.69, 9.17) is 5.11 Å². The van der Waals surface area contributed by atoms with E-state index >= 15 is 0 Å². The highest BCUT2D eigenvalue weighted by Gasteiger charge is 2.11. The summed E-state index contributed by atoms with van der Waals surface area (Å²) in [5.41, 5.74) is 1.25. The smallest absolute Gasteiger partial charge is 0.410 e. The van der Waals surface area contributed by atoms with Gasteiger partial charge in [-0.25, -0.2) is 13.2 Å². The summed E-state index contributed by atoms with van der Waals surface area (Å²) in [7, 11) is -1.63. The van der Waals surface area contributed by atoms with Gasteiger partial charge < -0.3 is 5.11 Å². The number of carboxylic acid groups (broad SMARTS) is 1. The molecular weight excluding hydrogens is 282 g/mol. The number of anilines is 1. The second kappa shape index (κ2) is 4.97. The Morgan fingerprint density at radius 3 is 2.40 bits per heavy atom. The maximum Gasteiger partial charge on any atom is 0.410 e. The summed E-state index contributed by atoms with van der Waals surface area (Å²) in [5, 5.41) is 15.1. The highest BCUT2D eigenvalue weighted by Crippen LogP contribution is 2.22. The molecule has 0 saturated heterocycles. The molecule has 1 aromatic carbocycles. The second-order valence-electron chi connectivity index (χ2n) is 4.27. The van der Waals surface area contributed by atoms with E-state index in [1.165, 1.54) is 16.8 Å². The molecule has 0 fully saturated rings. The number of hydrogen-bond donors (Lipinski definition) is 2. The molecule has 0 radical (unpaired) electrons. The van der Waals surface area contributed by atoms with E-state index in [2.05, 4.69) is 10.4 Å². The van der Waals surface area contributed by atoms with E-state index in [1.54, 1.807) is 25.2 Å². The third-order valence-corrected chi connectivity index (χ3v) is 3.82. The van der Waals surface area contributed by atoms with E-state index in [0.717, 1.165) is 6.26 Å². The number of nitrogens with one attached hydrogen (secondary N) is 1. The molecular formula is C12H13N3O4S. The van der Waals surface area contributed by atoms with Crippen LogP contribution in [0.4, 0.5) is 10.6 Å². The predicted molar refractivity (Wildman–Crippen MR) is 73.4 cm³/mol. The molecule has 7 nitrogen and oxygen atoms in total. The molecule has 0 bridgehead atoms. The molecule has 0 aliphatic heterocycles. The van der Waals surface area contributed by atoms with E-state index in [9.17, 15) is 13.2 Å². The number of carbonyl (C=O) groups is 1. The van der Waals surface area contributed by atoms with Gasteiger partial charge in [0.2, 0.25) is 0 Å². The van der Waals surface area contributed by atoms with Gasteiger partial charge in [-0.15, -0.1) is 0 Å². The van der Waals surface area contributed by atoms with Crippen molar-refractivity contribution in [1.29, 1.82) is 0 Å². The lowest BCUT2D eigenvalue weighted by molar-refractivity contribution is 0.209. The number of sulfone groups is 1. The van der Waals surface area contributed by atoms with Crippen molar-refractivity contribution in [2.24, 2.45) is 7.05 Å². The Morgan fingerprint density at radius 1 is 1.30 bits per heavy atom. The van der Waals surface area contributed by atoms with Crippen LogP contribution in [0, 0.1) is 0 Å². The van der Waals surface area contributed by atoms with Crippen LogP contribution in [-0.4, -0.2) is 35.7 Å². The molecule has 0 atom stereocenters.